The third-order valence-electron chi connectivity index (χ3n) is 2.55. The van der Waals surface area contributed by atoms with E-state index < -0.39 is 0 Å². The minimum atomic E-state index is -0.119. The van der Waals surface area contributed by atoms with Crippen molar-refractivity contribution in [1.82, 2.24) is 10.6 Å². The number of terminal acetylenes is 1. The summed E-state index contributed by atoms with van der Waals surface area (Å²) in [7, 11) is 0. The van der Waals surface area contributed by atoms with E-state index in [4.69, 9.17) is 6.42 Å². The Morgan fingerprint density at radius 2 is 2.50 bits per heavy atom. The van der Waals surface area contributed by atoms with Gasteiger partial charge in [0.25, 0.3) is 0 Å². The van der Waals surface area contributed by atoms with Gasteiger partial charge in [0, 0.05) is 0 Å². The molecule has 3 nitrogen and oxygen atoms in total. The van der Waals surface area contributed by atoms with Crippen molar-refractivity contribution in [3.8, 4) is 12.3 Å². The molecule has 1 saturated heterocycles. The highest BCUT2D eigenvalue weighted by Gasteiger charge is 2.21. The van der Waals surface area contributed by atoms with Gasteiger partial charge < -0.3 is 10.6 Å². The van der Waals surface area contributed by atoms with Crippen LogP contribution in [-0.4, -0.2) is 24.5 Å². The summed E-state index contributed by atoms with van der Waals surface area (Å²) in [6.45, 7) is 2.91. The summed E-state index contributed by atoms with van der Waals surface area (Å²) in [5.74, 6) is 2.61. The topological polar surface area (TPSA) is 41.1 Å². The van der Waals surface area contributed by atoms with Gasteiger partial charge in [0.2, 0.25) is 5.91 Å². The molecule has 0 radical (unpaired) electrons. The molecule has 0 saturated carbocycles. The van der Waals surface area contributed by atoms with Crippen LogP contribution in [0.5, 0.6) is 0 Å². The molecule has 2 atom stereocenters. The van der Waals surface area contributed by atoms with Crippen LogP contribution in [0.4, 0.5) is 0 Å². The molecule has 14 heavy (non-hydrogen) atoms. The predicted molar refractivity (Wildman–Crippen MR) is 56.7 cm³/mol. The van der Waals surface area contributed by atoms with Gasteiger partial charge in [0.05, 0.1) is 12.1 Å². The number of carbonyl (C=O) groups is 1. The minimum absolute atomic E-state index is 0.0360. The molecule has 1 rings (SSSR count). The second-order valence-corrected chi connectivity index (χ2v) is 3.64. The number of piperidine rings is 1. The van der Waals surface area contributed by atoms with Crippen molar-refractivity contribution in [2.45, 2.75) is 44.7 Å². The first-order valence-corrected chi connectivity index (χ1v) is 5.27. The molecule has 0 spiro atoms. The maximum Gasteiger partial charge on any atom is 0.238 e. The van der Waals surface area contributed by atoms with Crippen molar-refractivity contribution in [3.63, 3.8) is 0 Å². The molecule has 3 heteroatoms. The zero-order chi connectivity index (χ0) is 10.4. The van der Waals surface area contributed by atoms with Crippen LogP contribution in [0.1, 0.15) is 32.6 Å². The lowest BCUT2D eigenvalue weighted by Crippen LogP contribution is -2.49. The normalized spacial score (nSPS) is 23.6. The van der Waals surface area contributed by atoms with Crippen molar-refractivity contribution in [3.05, 3.63) is 0 Å². The van der Waals surface area contributed by atoms with Gasteiger partial charge in [0.1, 0.15) is 0 Å². The smallest absolute Gasteiger partial charge is 0.238 e. The number of amides is 1. The Hall–Kier alpha value is -1.01. The average molecular weight is 194 g/mol. The fraction of sp³-hybridized carbons (Fsp3) is 0.727. The zero-order valence-corrected chi connectivity index (χ0v) is 8.68. The van der Waals surface area contributed by atoms with E-state index in [-0.39, 0.29) is 18.0 Å². The van der Waals surface area contributed by atoms with Crippen molar-refractivity contribution >= 4 is 5.91 Å². The Balaban J connectivity index is 2.36. The average Bonchev–Trinajstić information content (AvgIpc) is 2.26. The van der Waals surface area contributed by atoms with E-state index in [0.717, 1.165) is 32.2 Å². The van der Waals surface area contributed by atoms with Gasteiger partial charge in [-0.15, -0.1) is 6.42 Å². The van der Waals surface area contributed by atoms with Gasteiger partial charge in [0.15, 0.2) is 0 Å². The van der Waals surface area contributed by atoms with Crippen LogP contribution in [0.15, 0.2) is 0 Å². The summed E-state index contributed by atoms with van der Waals surface area (Å²) >= 11 is 0. The lowest BCUT2D eigenvalue weighted by Gasteiger charge is -2.23. The van der Waals surface area contributed by atoms with E-state index in [9.17, 15) is 4.79 Å². The Morgan fingerprint density at radius 1 is 1.71 bits per heavy atom. The molecule has 1 aliphatic rings. The lowest BCUT2D eigenvalue weighted by molar-refractivity contribution is -0.124. The molecule has 0 aromatic heterocycles. The molecular weight excluding hydrogens is 176 g/mol. The van der Waals surface area contributed by atoms with Crippen LogP contribution in [-0.2, 0) is 4.79 Å². The predicted octanol–water partition coefficient (Wildman–Crippen LogP) is 0.656. The highest BCUT2D eigenvalue weighted by Crippen LogP contribution is 2.07. The van der Waals surface area contributed by atoms with Crippen LogP contribution in [0, 0.1) is 12.3 Å². The molecule has 1 aliphatic heterocycles. The van der Waals surface area contributed by atoms with Crippen LogP contribution in [0.3, 0.4) is 0 Å². The van der Waals surface area contributed by atoms with Gasteiger partial charge in [-0.05, 0) is 25.8 Å². The number of rotatable bonds is 3. The first kappa shape index (κ1) is 11.1. The molecule has 1 amide bonds. The van der Waals surface area contributed by atoms with E-state index >= 15 is 0 Å². The molecule has 1 heterocycles. The third-order valence-corrected chi connectivity index (χ3v) is 2.55. The summed E-state index contributed by atoms with van der Waals surface area (Å²) in [6.07, 6.45) is 9.27. The highest BCUT2D eigenvalue weighted by atomic mass is 16.2. The van der Waals surface area contributed by atoms with Crippen LogP contribution in [0.25, 0.3) is 0 Å². The maximum atomic E-state index is 11.7. The molecule has 0 bridgehead atoms. The third kappa shape index (κ3) is 3.04. The van der Waals surface area contributed by atoms with Gasteiger partial charge in [-0.1, -0.05) is 19.3 Å². The SMILES string of the molecule is C#CC(CC)NC(=O)[C@H]1CCCCN1. The van der Waals surface area contributed by atoms with Crippen LogP contribution < -0.4 is 10.6 Å². The largest absolute Gasteiger partial charge is 0.341 e. The van der Waals surface area contributed by atoms with E-state index in [1.807, 2.05) is 6.92 Å². The fourth-order valence-corrected chi connectivity index (χ4v) is 1.61. The Morgan fingerprint density at radius 3 is 3.00 bits per heavy atom. The molecule has 0 aromatic rings. The second kappa shape index (κ2) is 5.66. The van der Waals surface area contributed by atoms with Crippen LogP contribution in [0.2, 0.25) is 0 Å². The van der Waals surface area contributed by atoms with Crippen molar-refractivity contribution < 1.29 is 4.79 Å². The van der Waals surface area contributed by atoms with Crippen molar-refractivity contribution in [2.75, 3.05) is 6.54 Å². The van der Waals surface area contributed by atoms with E-state index in [2.05, 4.69) is 16.6 Å². The first-order valence-electron chi connectivity index (χ1n) is 5.27. The number of carbonyl (C=O) groups excluding carboxylic acids is 1. The molecule has 78 valence electrons. The minimum Gasteiger partial charge on any atom is -0.341 e. The number of hydrogen-bond acceptors (Lipinski definition) is 2. The molecular formula is C11H18N2O. The number of hydrogen-bond donors (Lipinski definition) is 2. The Kier molecular flexibility index (Phi) is 4.48. The van der Waals surface area contributed by atoms with Gasteiger partial charge in [-0.25, -0.2) is 0 Å². The summed E-state index contributed by atoms with van der Waals surface area (Å²) in [5, 5.41) is 6.04. The fourth-order valence-electron chi connectivity index (χ4n) is 1.61. The summed E-state index contributed by atoms with van der Waals surface area (Å²) < 4.78 is 0. The molecule has 1 fully saturated rings. The van der Waals surface area contributed by atoms with E-state index in [0.29, 0.717) is 0 Å². The van der Waals surface area contributed by atoms with E-state index in [1.165, 1.54) is 0 Å². The van der Waals surface area contributed by atoms with Gasteiger partial charge in [-0.2, -0.15) is 0 Å². The summed E-state index contributed by atoms with van der Waals surface area (Å²) in [6, 6.07) is -0.155. The monoisotopic (exact) mass is 194 g/mol. The Bertz CT molecular complexity index is 226. The molecule has 0 aromatic carbocycles. The summed E-state index contributed by atoms with van der Waals surface area (Å²) in [4.78, 5) is 11.7. The summed E-state index contributed by atoms with van der Waals surface area (Å²) in [5.41, 5.74) is 0. The van der Waals surface area contributed by atoms with Crippen molar-refractivity contribution in [1.29, 1.82) is 0 Å². The van der Waals surface area contributed by atoms with Gasteiger partial charge >= 0.3 is 0 Å². The molecule has 2 N–H and O–H groups in total. The van der Waals surface area contributed by atoms with Crippen LogP contribution >= 0.6 is 0 Å². The first-order chi connectivity index (χ1) is 6.77. The lowest BCUT2D eigenvalue weighted by atomic mass is 10.0. The second-order valence-electron chi connectivity index (χ2n) is 3.64. The highest BCUT2D eigenvalue weighted by molar-refractivity contribution is 5.82. The van der Waals surface area contributed by atoms with E-state index in [1.54, 1.807) is 0 Å². The Labute approximate surface area is 85.6 Å². The maximum absolute atomic E-state index is 11.7. The zero-order valence-electron chi connectivity index (χ0n) is 8.68. The molecule has 0 aliphatic carbocycles. The standard InChI is InChI=1S/C11H18N2O/c1-3-9(4-2)13-11(14)10-7-5-6-8-12-10/h1,9-10,12H,4-8H2,2H3,(H,13,14)/t9?,10-/m1/s1. The number of nitrogens with one attached hydrogen (secondary N) is 2. The van der Waals surface area contributed by atoms with Crippen molar-refractivity contribution in [2.24, 2.45) is 0 Å². The quantitative estimate of drug-likeness (QED) is 0.648. The molecule has 1 unspecified atom stereocenters. The van der Waals surface area contributed by atoms with Gasteiger partial charge in [-0.3, -0.25) is 4.79 Å².